The van der Waals surface area contributed by atoms with Crippen LogP contribution in [0.4, 0.5) is 23.2 Å². The molecule has 1 rings (SSSR count). The molecular weight excluding hydrogens is 326 g/mol. The number of rotatable bonds is 2. The monoisotopic (exact) mass is 329 g/mol. The molecule has 0 bridgehead atoms. The highest BCUT2D eigenvalue weighted by Gasteiger charge is 2.39. The number of carboxylic acid groups (broad SMARTS) is 1. The number of carbonyl (C=O) groups excluding carboxylic acids is 1. The van der Waals surface area contributed by atoms with Gasteiger partial charge in [-0.15, -0.1) is 0 Å². The van der Waals surface area contributed by atoms with E-state index < -0.39 is 35.1 Å². The van der Waals surface area contributed by atoms with E-state index in [0.29, 0.717) is 12.1 Å². The Morgan fingerprint density at radius 2 is 1.83 bits per heavy atom. The average Bonchev–Trinajstić information content (AvgIpc) is 2.19. The van der Waals surface area contributed by atoms with E-state index in [1.807, 2.05) is 0 Å². The molecule has 0 spiro atoms. The summed E-state index contributed by atoms with van der Waals surface area (Å²) >= 11 is 2.73. The standard InChI is InChI=1S/C9H4BrF4NO3/c10-4-2-5(11)6(1-3(4)7(16)17)15-8(18)9(12,13)14/h1-2H,(H,15,18)(H,16,17). The fourth-order valence-electron chi connectivity index (χ4n) is 1.00. The van der Waals surface area contributed by atoms with Crippen LogP contribution in [0.15, 0.2) is 16.6 Å². The molecule has 0 aliphatic carbocycles. The molecule has 18 heavy (non-hydrogen) atoms. The first kappa shape index (κ1) is 14.4. The summed E-state index contributed by atoms with van der Waals surface area (Å²) in [6.45, 7) is 0. The SMILES string of the molecule is O=C(O)c1cc(NC(=O)C(F)(F)F)c(F)cc1Br. The first-order valence-corrected chi connectivity index (χ1v) is 5.02. The Hall–Kier alpha value is -1.64. The molecule has 1 aromatic carbocycles. The number of carboxylic acids is 1. The van der Waals surface area contributed by atoms with Gasteiger partial charge in [-0.25, -0.2) is 9.18 Å². The highest BCUT2D eigenvalue weighted by atomic mass is 79.9. The van der Waals surface area contributed by atoms with Crippen molar-refractivity contribution < 1.29 is 32.3 Å². The van der Waals surface area contributed by atoms with E-state index in [4.69, 9.17) is 5.11 Å². The number of carbonyl (C=O) groups is 2. The topological polar surface area (TPSA) is 66.4 Å². The first-order valence-electron chi connectivity index (χ1n) is 4.23. The summed E-state index contributed by atoms with van der Waals surface area (Å²) in [5.41, 5.74) is -1.34. The van der Waals surface area contributed by atoms with Gasteiger partial charge in [0.1, 0.15) is 5.82 Å². The summed E-state index contributed by atoms with van der Waals surface area (Å²) in [5, 5.41) is 9.94. The molecule has 98 valence electrons. The number of benzene rings is 1. The van der Waals surface area contributed by atoms with Crippen molar-refractivity contribution in [1.82, 2.24) is 0 Å². The molecule has 0 aliphatic rings. The molecule has 0 unspecified atom stereocenters. The summed E-state index contributed by atoms with van der Waals surface area (Å²) in [4.78, 5) is 21.3. The van der Waals surface area contributed by atoms with E-state index in [1.54, 1.807) is 0 Å². The molecule has 1 aromatic rings. The Morgan fingerprint density at radius 3 is 2.28 bits per heavy atom. The van der Waals surface area contributed by atoms with Crippen LogP contribution in [-0.4, -0.2) is 23.2 Å². The minimum Gasteiger partial charge on any atom is -0.478 e. The molecule has 0 radical (unpaired) electrons. The lowest BCUT2D eigenvalue weighted by atomic mass is 10.2. The fraction of sp³-hybridized carbons (Fsp3) is 0.111. The van der Waals surface area contributed by atoms with Crippen LogP contribution in [0.5, 0.6) is 0 Å². The quantitative estimate of drug-likeness (QED) is 0.820. The lowest BCUT2D eigenvalue weighted by molar-refractivity contribution is -0.167. The Labute approximate surface area is 106 Å². The minimum atomic E-state index is -5.19. The number of alkyl halides is 3. The Morgan fingerprint density at radius 1 is 1.28 bits per heavy atom. The molecule has 0 heterocycles. The largest absolute Gasteiger partial charge is 0.478 e. The van der Waals surface area contributed by atoms with Crippen LogP contribution in [0.2, 0.25) is 0 Å². The molecule has 2 N–H and O–H groups in total. The Bertz CT molecular complexity index is 515. The second kappa shape index (κ2) is 4.92. The second-order valence-electron chi connectivity index (χ2n) is 3.07. The fourth-order valence-corrected chi connectivity index (χ4v) is 1.49. The van der Waals surface area contributed by atoms with E-state index in [1.165, 1.54) is 5.32 Å². The number of halogens is 5. The lowest BCUT2D eigenvalue weighted by Crippen LogP contribution is -2.30. The van der Waals surface area contributed by atoms with Crippen LogP contribution in [0.25, 0.3) is 0 Å². The first-order chi connectivity index (χ1) is 8.12. The summed E-state index contributed by atoms with van der Waals surface area (Å²) in [5.74, 6) is -5.06. The Kier molecular flexibility index (Phi) is 3.95. The molecule has 0 aliphatic heterocycles. The normalized spacial score (nSPS) is 11.2. The molecule has 4 nitrogen and oxygen atoms in total. The predicted molar refractivity (Wildman–Crippen MR) is 55.7 cm³/mol. The molecule has 9 heteroatoms. The predicted octanol–water partition coefficient (Wildman–Crippen LogP) is 2.79. The zero-order valence-corrected chi connectivity index (χ0v) is 9.89. The van der Waals surface area contributed by atoms with Crippen LogP contribution in [0.3, 0.4) is 0 Å². The van der Waals surface area contributed by atoms with Crippen molar-refractivity contribution in [3.8, 4) is 0 Å². The Balaban J connectivity index is 3.14. The van der Waals surface area contributed by atoms with E-state index in [2.05, 4.69) is 15.9 Å². The number of hydrogen-bond acceptors (Lipinski definition) is 2. The molecule has 0 saturated heterocycles. The van der Waals surface area contributed by atoms with E-state index in [-0.39, 0.29) is 4.47 Å². The van der Waals surface area contributed by atoms with Gasteiger partial charge in [0.05, 0.1) is 11.3 Å². The second-order valence-corrected chi connectivity index (χ2v) is 3.92. The van der Waals surface area contributed by atoms with Gasteiger partial charge in [0, 0.05) is 4.47 Å². The summed E-state index contributed by atoms with van der Waals surface area (Å²) in [6, 6.07) is 1.24. The van der Waals surface area contributed by atoms with Gasteiger partial charge in [0.25, 0.3) is 0 Å². The van der Waals surface area contributed by atoms with Gasteiger partial charge in [-0.2, -0.15) is 13.2 Å². The van der Waals surface area contributed by atoms with Crippen molar-refractivity contribution in [1.29, 1.82) is 0 Å². The van der Waals surface area contributed by atoms with Crippen LogP contribution < -0.4 is 5.32 Å². The summed E-state index contributed by atoms with van der Waals surface area (Å²) in [7, 11) is 0. The van der Waals surface area contributed by atoms with Crippen LogP contribution >= 0.6 is 15.9 Å². The number of amides is 1. The van der Waals surface area contributed by atoms with Crippen LogP contribution in [0.1, 0.15) is 10.4 Å². The van der Waals surface area contributed by atoms with Gasteiger partial charge in [-0.1, -0.05) is 0 Å². The van der Waals surface area contributed by atoms with Crippen molar-refractivity contribution in [3.63, 3.8) is 0 Å². The number of aromatic carboxylic acids is 1. The zero-order valence-electron chi connectivity index (χ0n) is 8.31. The van der Waals surface area contributed by atoms with E-state index in [9.17, 15) is 27.2 Å². The third-order valence-electron chi connectivity index (χ3n) is 1.79. The highest BCUT2D eigenvalue weighted by Crippen LogP contribution is 2.26. The van der Waals surface area contributed by atoms with Gasteiger partial charge in [0.2, 0.25) is 0 Å². The van der Waals surface area contributed by atoms with Crippen molar-refractivity contribution >= 4 is 33.5 Å². The third kappa shape index (κ3) is 3.19. The van der Waals surface area contributed by atoms with Crippen molar-refractivity contribution in [3.05, 3.63) is 28.0 Å². The van der Waals surface area contributed by atoms with Gasteiger partial charge in [-0.3, -0.25) is 4.79 Å². The molecule has 1 amide bonds. The van der Waals surface area contributed by atoms with Crippen LogP contribution in [-0.2, 0) is 4.79 Å². The van der Waals surface area contributed by atoms with Crippen LogP contribution in [0, 0.1) is 5.82 Å². The molecule has 0 atom stereocenters. The maximum absolute atomic E-state index is 13.2. The molecular formula is C9H4BrF4NO3. The maximum atomic E-state index is 13.2. The molecule has 0 aromatic heterocycles. The number of nitrogens with one attached hydrogen (secondary N) is 1. The van der Waals surface area contributed by atoms with E-state index in [0.717, 1.165) is 0 Å². The van der Waals surface area contributed by atoms with Gasteiger partial charge < -0.3 is 10.4 Å². The minimum absolute atomic E-state index is 0.155. The third-order valence-corrected chi connectivity index (χ3v) is 2.45. The molecule has 0 fully saturated rings. The van der Waals surface area contributed by atoms with Crippen molar-refractivity contribution in [2.75, 3.05) is 5.32 Å². The zero-order chi connectivity index (χ0) is 14.1. The number of anilines is 1. The van der Waals surface area contributed by atoms with Gasteiger partial charge in [-0.05, 0) is 28.1 Å². The average molecular weight is 330 g/mol. The molecule has 0 saturated carbocycles. The summed E-state index contributed by atoms with van der Waals surface area (Å²) < 4.78 is 48.9. The lowest BCUT2D eigenvalue weighted by Gasteiger charge is -2.10. The summed E-state index contributed by atoms with van der Waals surface area (Å²) in [6.07, 6.45) is -5.19. The maximum Gasteiger partial charge on any atom is 0.471 e. The van der Waals surface area contributed by atoms with Gasteiger partial charge in [0.15, 0.2) is 0 Å². The number of hydrogen-bond donors (Lipinski definition) is 2. The van der Waals surface area contributed by atoms with Gasteiger partial charge >= 0.3 is 18.1 Å². The smallest absolute Gasteiger partial charge is 0.471 e. The van der Waals surface area contributed by atoms with Crippen molar-refractivity contribution in [2.45, 2.75) is 6.18 Å². The highest BCUT2D eigenvalue weighted by molar-refractivity contribution is 9.10. The van der Waals surface area contributed by atoms with Crippen molar-refractivity contribution in [2.24, 2.45) is 0 Å². The van der Waals surface area contributed by atoms with E-state index >= 15 is 0 Å².